The van der Waals surface area contributed by atoms with E-state index in [-0.39, 0.29) is 0 Å². The van der Waals surface area contributed by atoms with Crippen LogP contribution in [0.15, 0.2) is 48.5 Å². The summed E-state index contributed by atoms with van der Waals surface area (Å²) in [6.45, 7) is 1.88. The van der Waals surface area contributed by atoms with Crippen LogP contribution in [0.2, 0.25) is 5.02 Å². The molecule has 1 heterocycles. The molecule has 0 saturated heterocycles. The predicted molar refractivity (Wildman–Crippen MR) is 86.7 cm³/mol. The van der Waals surface area contributed by atoms with Gasteiger partial charge in [-0.05, 0) is 54.9 Å². The van der Waals surface area contributed by atoms with Crippen molar-refractivity contribution in [2.24, 2.45) is 0 Å². The van der Waals surface area contributed by atoms with Crippen LogP contribution in [0.4, 0.5) is 0 Å². The summed E-state index contributed by atoms with van der Waals surface area (Å²) in [7, 11) is 0. The van der Waals surface area contributed by atoms with Gasteiger partial charge in [0.25, 0.3) is 5.24 Å². The largest absolute Gasteiger partial charge is 0.279 e. The third-order valence-electron chi connectivity index (χ3n) is 3.28. The van der Waals surface area contributed by atoms with Crippen LogP contribution in [0.5, 0.6) is 0 Å². The van der Waals surface area contributed by atoms with Gasteiger partial charge in [-0.2, -0.15) is 0 Å². The van der Waals surface area contributed by atoms with Crippen molar-refractivity contribution in [2.45, 2.75) is 6.92 Å². The third-order valence-corrected chi connectivity index (χ3v) is 3.75. The maximum atomic E-state index is 11.1. The standard InChI is InChI=1S/C16H11Cl2N3O/c1-10-19-20-16(12-4-2-11(3-5-12)15(18)22)21(10)14-8-6-13(17)7-9-14/h2-9H,1H3. The van der Waals surface area contributed by atoms with Crippen LogP contribution in [-0.4, -0.2) is 20.0 Å². The second kappa shape index (κ2) is 5.91. The van der Waals surface area contributed by atoms with Crippen molar-refractivity contribution in [3.8, 4) is 17.1 Å². The van der Waals surface area contributed by atoms with E-state index in [4.69, 9.17) is 23.2 Å². The molecular weight excluding hydrogens is 321 g/mol. The number of nitrogens with zero attached hydrogens (tertiary/aromatic N) is 3. The molecule has 0 amide bonds. The van der Waals surface area contributed by atoms with Gasteiger partial charge in [-0.25, -0.2) is 0 Å². The van der Waals surface area contributed by atoms with Crippen molar-refractivity contribution < 1.29 is 4.79 Å². The van der Waals surface area contributed by atoms with Gasteiger partial charge in [-0.1, -0.05) is 23.7 Å². The number of carbonyl (C=O) groups excluding carboxylic acids is 1. The van der Waals surface area contributed by atoms with Crippen molar-refractivity contribution in [2.75, 3.05) is 0 Å². The van der Waals surface area contributed by atoms with E-state index in [2.05, 4.69) is 10.2 Å². The van der Waals surface area contributed by atoms with E-state index in [0.29, 0.717) is 16.4 Å². The molecule has 0 fully saturated rings. The molecule has 0 radical (unpaired) electrons. The molecule has 3 aromatic rings. The van der Waals surface area contributed by atoms with Crippen molar-refractivity contribution in [1.82, 2.24) is 14.8 Å². The number of aromatic nitrogens is 3. The van der Waals surface area contributed by atoms with Gasteiger partial charge in [-0.3, -0.25) is 9.36 Å². The molecule has 0 spiro atoms. The van der Waals surface area contributed by atoms with Gasteiger partial charge < -0.3 is 0 Å². The van der Waals surface area contributed by atoms with E-state index in [0.717, 1.165) is 17.1 Å². The average molecular weight is 332 g/mol. The van der Waals surface area contributed by atoms with Crippen LogP contribution >= 0.6 is 23.2 Å². The fourth-order valence-electron chi connectivity index (χ4n) is 2.20. The van der Waals surface area contributed by atoms with Gasteiger partial charge in [0.15, 0.2) is 5.82 Å². The van der Waals surface area contributed by atoms with E-state index < -0.39 is 5.24 Å². The Morgan fingerprint density at radius 1 is 1.00 bits per heavy atom. The zero-order valence-corrected chi connectivity index (χ0v) is 13.1. The lowest BCUT2D eigenvalue weighted by Crippen LogP contribution is -2.00. The Balaban J connectivity index is 2.09. The highest BCUT2D eigenvalue weighted by Crippen LogP contribution is 2.24. The van der Waals surface area contributed by atoms with E-state index in [1.165, 1.54) is 0 Å². The van der Waals surface area contributed by atoms with Gasteiger partial charge in [0, 0.05) is 21.8 Å². The Hall–Kier alpha value is -2.17. The molecule has 4 nitrogen and oxygen atoms in total. The molecule has 2 aromatic carbocycles. The molecule has 0 N–H and O–H groups in total. The number of hydrogen-bond acceptors (Lipinski definition) is 3. The van der Waals surface area contributed by atoms with Crippen LogP contribution < -0.4 is 0 Å². The molecule has 0 aliphatic heterocycles. The molecule has 0 atom stereocenters. The topological polar surface area (TPSA) is 47.8 Å². The monoisotopic (exact) mass is 331 g/mol. The zero-order chi connectivity index (χ0) is 15.7. The minimum Gasteiger partial charge on any atom is -0.279 e. The Labute approximate surface area is 137 Å². The van der Waals surface area contributed by atoms with E-state index in [1.807, 2.05) is 35.8 Å². The summed E-state index contributed by atoms with van der Waals surface area (Å²) in [5.74, 6) is 1.45. The second-order valence-corrected chi connectivity index (χ2v) is 5.51. The highest BCUT2D eigenvalue weighted by Gasteiger charge is 2.13. The smallest absolute Gasteiger partial charge is 0.252 e. The van der Waals surface area contributed by atoms with Gasteiger partial charge in [0.2, 0.25) is 0 Å². The third kappa shape index (κ3) is 2.75. The summed E-state index contributed by atoms with van der Waals surface area (Å²) in [6.07, 6.45) is 0. The average Bonchev–Trinajstić information content (AvgIpc) is 2.90. The van der Waals surface area contributed by atoms with Crippen molar-refractivity contribution in [1.29, 1.82) is 0 Å². The van der Waals surface area contributed by atoms with E-state index >= 15 is 0 Å². The number of aryl methyl sites for hydroxylation is 1. The predicted octanol–water partition coefficient (Wildman–Crippen LogP) is 4.28. The Morgan fingerprint density at radius 2 is 1.64 bits per heavy atom. The lowest BCUT2D eigenvalue weighted by atomic mass is 10.1. The molecule has 110 valence electrons. The maximum absolute atomic E-state index is 11.1. The molecule has 0 unspecified atom stereocenters. The lowest BCUT2D eigenvalue weighted by molar-refractivity contribution is 0.108. The van der Waals surface area contributed by atoms with Gasteiger partial charge in [0.05, 0.1) is 0 Å². The van der Waals surface area contributed by atoms with Gasteiger partial charge in [-0.15, -0.1) is 10.2 Å². The molecular formula is C16H11Cl2N3O. The SMILES string of the molecule is Cc1nnc(-c2ccc(C(=O)Cl)cc2)n1-c1ccc(Cl)cc1. The summed E-state index contributed by atoms with van der Waals surface area (Å²) >= 11 is 11.4. The molecule has 22 heavy (non-hydrogen) atoms. The first-order chi connectivity index (χ1) is 10.6. The highest BCUT2D eigenvalue weighted by atomic mass is 35.5. The number of rotatable bonds is 3. The van der Waals surface area contributed by atoms with Gasteiger partial charge in [0.1, 0.15) is 5.82 Å². The molecule has 1 aromatic heterocycles. The van der Waals surface area contributed by atoms with E-state index in [9.17, 15) is 4.79 Å². The molecule has 6 heteroatoms. The number of halogens is 2. The summed E-state index contributed by atoms with van der Waals surface area (Å²) in [5, 5.41) is 8.54. The first-order valence-corrected chi connectivity index (χ1v) is 7.30. The maximum Gasteiger partial charge on any atom is 0.252 e. The highest BCUT2D eigenvalue weighted by molar-refractivity contribution is 6.67. The number of hydrogen-bond donors (Lipinski definition) is 0. The molecule has 0 aliphatic rings. The Kier molecular flexibility index (Phi) is 3.96. The Bertz CT molecular complexity index is 824. The fraction of sp³-hybridized carbons (Fsp3) is 0.0625. The first kappa shape index (κ1) is 14.8. The van der Waals surface area contributed by atoms with E-state index in [1.54, 1.807) is 24.3 Å². The quantitative estimate of drug-likeness (QED) is 0.673. The number of carbonyl (C=O) groups is 1. The van der Waals surface area contributed by atoms with Crippen LogP contribution in [0.25, 0.3) is 17.1 Å². The normalized spacial score (nSPS) is 10.7. The zero-order valence-electron chi connectivity index (χ0n) is 11.6. The van der Waals surface area contributed by atoms with Crippen LogP contribution in [0.3, 0.4) is 0 Å². The van der Waals surface area contributed by atoms with Crippen LogP contribution in [-0.2, 0) is 0 Å². The fourth-order valence-corrected chi connectivity index (χ4v) is 2.45. The van der Waals surface area contributed by atoms with Crippen LogP contribution in [0.1, 0.15) is 16.2 Å². The Morgan fingerprint density at radius 3 is 2.23 bits per heavy atom. The summed E-state index contributed by atoms with van der Waals surface area (Å²) in [6, 6.07) is 14.4. The molecule has 0 aliphatic carbocycles. The summed E-state index contributed by atoms with van der Waals surface area (Å²) in [4.78, 5) is 11.1. The lowest BCUT2D eigenvalue weighted by Gasteiger charge is -2.09. The molecule has 0 saturated carbocycles. The molecule has 3 rings (SSSR count). The minimum atomic E-state index is -0.484. The second-order valence-electron chi connectivity index (χ2n) is 4.73. The van der Waals surface area contributed by atoms with Crippen molar-refractivity contribution >= 4 is 28.4 Å². The van der Waals surface area contributed by atoms with Crippen molar-refractivity contribution in [3.05, 3.63) is 64.9 Å². The minimum absolute atomic E-state index is 0.444. The first-order valence-electron chi connectivity index (χ1n) is 6.54. The van der Waals surface area contributed by atoms with Gasteiger partial charge >= 0.3 is 0 Å². The van der Waals surface area contributed by atoms with Crippen molar-refractivity contribution in [3.63, 3.8) is 0 Å². The molecule has 0 bridgehead atoms. The number of benzene rings is 2. The van der Waals surface area contributed by atoms with Crippen LogP contribution in [0, 0.1) is 6.92 Å². The summed E-state index contributed by atoms with van der Waals surface area (Å²) < 4.78 is 1.92. The summed E-state index contributed by atoms with van der Waals surface area (Å²) in [5.41, 5.74) is 2.20.